The van der Waals surface area contributed by atoms with Gasteiger partial charge in [-0.15, -0.1) is 16.4 Å². The number of anilines is 1. The Morgan fingerprint density at radius 1 is 1.16 bits per heavy atom. The quantitative estimate of drug-likeness (QED) is 0.431. The van der Waals surface area contributed by atoms with Crippen molar-refractivity contribution in [2.24, 2.45) is 0 Å². The third-order valence-electron chi connectivity index (χ3n) is 4.85. The zero-order valence-corrected chi connectivity index (χ0v) is 17.9. The van der Waals surface area contributed by atoms with Crippen LogP contribution in [-0.4, -0.2) is 35.9 Å². The van der Waals surface area contributed by atoms with Crippen molar-refractivity contribution < 1.29 is 4.79 Å². The summed E-state index contributed by atoms with van der Waals surface area (Å²) >= 11 is 7.72. The molecule has 5 aromatic rings. The molecule has 0 saturated carbocycles. The lowest BCUT2D eigenvalue weighted by Crippen LogP contribution is -2.10. The maximum atomic E-state index is 12.8. The molecule has 0 saturated heterocycles. The summed E-state index contributed by atoms with van der Waals surface area (Å²) in [5.41, 5.74) is 3.35. The minimum absolute atomic E-state index is 0.167. The summed E-state index contributed by atoms with van der Waals surface area (Å²) in [6.07, 6.45) is 1.51. The average Bonchev–Trinajstić information content (AvgIpc) is 3.50. The summed E-state index contributed by atoms with van der Waals surface area (Å²) in [5, 5.41) is 20.3. The Hall–Kier alpha value is -3.56. The van der Waals surface area contributed by atoms with E-state index in [2.05, 4.69) is 25.9 Å². The first kappa shape index (κ1) is 19.4. The molecule has 31 heavy (non-hydrogen) atoms. The predicted molar refractivity (Wildman–Crippen MR) is 120 cm³/mol. The maximum absolute atomic E-state index is 12.8. The fourth-order valence-electron chi connectivity index (χ4n) is 3.29. The number of tetrazole rings is 1. The second-order valence-corrected chi connectivity index (χ2v) is 8.36. The third-order valence-corrected chi connectivity index (χ3v) is 6.36. The molecule has 5 rings (SSSR count). The molecule has 0 aliphatic rings. The Bertz CT molecular complexity index is 1370. The van der Waals surface area contributed by atoms with Crippen molar-refractivity contribution >= 4 is 44.7 Å². The van der Waals surface area contributed by atoms with Crippen molar-refractivity contribution in [1.29, 1.82) is 0 Å². The van der Waals surface area contributed by atoms with Crippen LogP contribution in [0.3, 0.4) is 0 Å². The fourth-order valence-corrected chi connectivity index (χ4v) is 4.54. The van der Waals surface area contributed by atoms with Crippen molar-refractivity contribution in [3.63, 3.8) is 0 Å². The number of carbonyl (C=O) groups excluding carboxylic acids is 1. The third kappa shape index (κ3) is 3.80. The fraction of sp³-hybridized carbons (Fsp3) is 0.0952. The molecule has 0 aliphatic heterocycles. The number of nitrogens with one attached hydrogen (secondary N) is 1. The van der Waals surface area contributed by atoms with Gasteiger partial charge < -0.3 is 5.32 Å². The number of nitrogens with zero attached hydrogens (tertiary/aromatic N) is 6. The predicted octanol–water partition coefficient (Wildman–Crippen LogP) is 4.34. The van der Waals surface area contributed by atoms with Crippen LogP contribution in [0.4, 0.5) is 5.69 Å². The Morgan fingerprint density at radius 2 is 1.97 bits per heavy atom. The van der Waals surface area contributed by atoms with E-state index in [1.54, 1.807) is 4.68 Å². The molecule has 3 heterocycles. The number of hydrogen-bond acceptors (Lipinski definition) is 6. The van der Waals surface area contributed by atoms with Gasteiger partial charge in [0.15, 0.2) is 0 Å². The number of rotatable bonds is 5. The SMILES string of the molecule is Cc1nn(Cc2ccccc2Cl)c2sc(C(=O)Nc3ccc(-n4cnnn4)cc3)cc12. The molecule has 0 bridgehead atoms. The van der Waals surface area contributed by atoms with Crippen molar-refractivity contribution in [2.75, 3.05) is 5.32 Å². The van der Waals surface area contributed by atoms with Gasteiger partial charge in [-0.25, -0.2) is 4.68 Å². The molecule has 0 radical (unpaired) electrons. The standard InChI is InChI=1S/C21H16ClN7OS/c1-13-17-10-19(31-21(17)28(25-13)11-14-4-2-3-5-18(14)22)20(30)24-15-6-8-16(9-7-15)29-12-23-26-27-29/h2-10,12H,11H2,1H3,(H,24,30). The molecule has 10 heteroatoms. The molecule has 154 valence electrons. The second kappa shape index (κ2) is 7.93. The van der Waals surface area contributed by atoms with E-state index >= 15 is 0 Å². The summed E-state index contributed by atoms with van der Waals surface area (Å²) < 4.78 is 3.44. The van der Waals surface area contributed by atoms with Crippen LogP contribution in [0.15, 0.2) is 60.9 Å². The van der Waals surface area contributed by atoms with Crippen LogP contribution in [0.25, 0.3) is 15.9 Å². The van der Waals surface area contributed by atoms with E-state index < -0.39 is 0 Å². The first-order chi connectivity index (χ1) is 15.1. The Balaban J connectivity index is 1.38. The lowest BCUT2D eigenvalue weighted by atomic mass is 10.2. The largest absolute Gasteiger partial charge is 0.321 e. The van der Waals surface area contributed by atoms with Crippen LogP contribution in [-0.2, 0) is 6.54 Å². The van der Waals surface area contributed by atoms with Gasteiger partial charge in [0.05, 0.1) is 22.8 Å². The van der Waals surface area contributed by atoms with Gasteiger partial charge in [0.25, 0.3) is 5.91 Å². The number of aromatic nitrogens is 6. The normalized spacial score (nSPS) is 11.2. The summed E-state index contributed by atoms with van der Waals surface area (Å²) in [6, 6.07) is 16.9. The number of amides is 1. The minimum atomic E-state index is -0.167. The lowest BCUT2D eigenvalue weighted by molar-refractivity contribution is 0.103. The van der Waals surface area contributed by atoms with Gasteiger partial charge in [-0.1, -0.05) is 29.8 Å². The highest BCUT2D eigenvalue weighted by Crippen LogP contribution is 2.30. The van der Waals surface area contributed by atoms with E-state index in [0.29, 0.717) is 22.1 Å². The Labute approximate surface area is 186 Å². The first-order valence-electron chi connectivity index (χ1n) is 9.43. The topological polar surface area (TPSA) is 90.5 Å². The molecule has 8 nitrogen and oxygen atoms in total. The highest BCUT2D eigenvalue weighted by molar-refractivity contribution is 7.20. The van der Waals surface area contributed by atoms with E-state index in [9.17, 15) is 4.79 Å². The van der Waals surface area contributed by atoms with Gasteiger partial charge in [0, 0.05) is 16.1 Å². The molecule has 1 amide bonds. The van der Waals surface area contributed by atoms with E-state index in [4.69, 9.17) is 11.6 Å². The molecule has 0 atom stereocenters. The highest BCUT2D eigenvalue weighted by Gasteiger charge is 2.17. The summed E-state index contributed by atoms with van der Waals surface area (Å²) in [4.78, 5) is 14.4. The van der Waals surface area contributed by atoms with Gasteiger partial charge in [0.2, 0.25) is 0 Å². The summed E-state index contributed by atoms with van der Waals surface area (Å²) in [6.45, 7) is 2.49. The molecule has 0 aliphatic carbocycles. The van der Waals surface area contributed by atoms with E-state index in [0.717, 1.165) is 27.2 Å². The van der Waals surface area contributed by atoms with Crippen molar-refractivity contribution in [2.45, 2.75) is 13.5 Å². The minimum Gasteiger partial charge on any atom is -0.321 e. The van der Waals surface area contributed by atoms with Crippen LogP contribution in [0, 0.1) is 6.92 Å². The maximum Gasteiger partial charge on any atom is 0.265 e. The lowest BCUT2D eigenvalue weighted by Gasteiger charge is -2.06. The van der Waals surface area contributed by atoms with Crippen LogP contribution in [0.5, 0.6) is 0 Å². The molecule has 3 aromatic heterocycles. The monoisotopic (exact) mass is 449 g/mol. The second-order valence-electron chi connectivity index (χ2n) is 6.92. The molecular weight excluding hydrogens is 434 g/mol. The summed E-state index contributed by atoms with van der Waals surface area (Å²) in [5.74, 6) is -0.167. The Morgan fingerprint density at radius 3 is 2.71 bits per heavy atom. The average molecular weight is 450 g/mol. The number of halogens is 1. The number of fused-ring (bicyclic) bond motifs is 1. The summed E-state index contributed by atoms with van der Waals surface area (Å²) in [7, 11) is 0. The van der Waals surface area contributed by atoms with E-state index in [1.165, 1.54) is 17.7 Å². The van der Waals surface area contributed by atoms with Crippen molar-refractivity contribution in [3.05, 3.63) is 82.1 Å². The van der Waals surface area contributed by atoms with Gasteiger partial charge in [-0.3, -0.25) is 9.48 Å². The molecule has 0 spiro atoms. The first-order valence-corrected chi connectivity index (χ1v) is 10.6. The van der Waals surface area contributed by atoms with Crippen LogP contribution in [0.1, 0.15) is 20.9 Å². The zero-order valence-electron chi connectivity index (χ0n) is 16.4. The van der Waals surface area contributed by atoms with Gasteiger partial charge >= 0.3 is 0 Å². The number of benzene rings is 2. The number of carbonyl (C=O) groups is 1. The molecule has 1 N–H and O–H groups in total. The molecule has 0 unspecified atom stereocenters. The van der Waals surface area contributed by atoms with Crippen LogP contribution < -0.4 is 5.32 Å². The molecule has 2 aromatic carbocycles. The number of hydrogen-bond donors (Lipinski definition) is 1. The van der Waals surface area contributed by atoms with E-state index in [1.807, 2.05) is 66.2 Å². The highest BCUT2D eigenvalue weighted by atomic mass is 35.5. The zero-order chi connectivity index (χ0) is 21.4. The number of aryl methyl sites for hydroxylation is 1. The van der Waals surface area contributed by atoms with Gasteiger partial charge in [0.1, 0.15) is 11.2 Å². The van der Waals surface area contributed by atoms with Gasteiger partial charge in [-0.2, -0.15) is 5.10 Å². The van der Waals surface area contributed by atoms with Gasteiger partial charge in [-0.05, 0) is 59.3 Å². The number of thiophene rings is 1. The van der Waals surface area contributed by atoms with Crippen LogP contribution >= 0.6 is 22.9 Å². The molecule has 0 fully saturated rings. The molecular formula is C21H16ClN7OS. The van der Waals surface area contributed by atoms with Crippen molar-refractivity contribution in [3.8, 4) is 5.69 Å². The van der Waals surface area contributed by atoms with Crippen LogP contribution in [0.2, 0.25) is 5.02 Å². The van der Waals surface area contributed by atoms with Crippen molar-refractivity contribution in [1.82, 2.24) is 30.0 Å². The van der Waals surface area contributed by atoms with E-state index in [-0.39, 0.29) is 5.91 Å². The Kier molecular flexibility index (Phi) is 4.97. The smallest absolute Gasteiger partial charge is 0.265 e.